The molecule has 0 bridgehead atoms. The molecule has 0 spiro atoms. The molecule has 1 saturated heterocycles. The zero-order chi connectivity index (χ0) is 11.5. The van der Waals surface area contributed by atoms with Crippen molar-refractivity contribution in [1.29, 1.82) is 0 Å². The van der Waals surface area contributed by atoms with Gasteiger partial charge in [-0.3, -0.25) is 9.36 Å². The van der Waals surface area contributed by atoms with Gasteiger partial charge in [0, 0.05) is 0 Å². The SMILES string of the molecule is C=CC(NC(=O)C1CCCN1)P(=O)(O)O. The normalized spacial score (nSPS) is 23.5. The van der Waals surface area contributed by atoms with E-state index in [0.29, 0.717) is 6.42 Å². The van der Waals surface area contributed by atoms with E-state index in [1.54, 1.807) is 0 Å². The second-order valence-electron chi connectivity index (χ2n) is 3.43. The summed E-state index contributed by atoms with van der Waals surface area (Å²) in [6.07, 6.45) is 2.64. The first-order valence-electron chi connectivity index (χ1n) is 4.66. The molecule has 86 valence electrons. The Morgan fingerprint density at radius 1 is 1.67 bits per heavy atom. The van der Waals surface area contributed by atoms with Crippen LogP contribution in [0.4, 0.5) is 0 Å². The first-order chi connectivity index (χ1) is 6.95. The molecule has 1 amide bonds. The number of carbonyl (C=O) groups is 1. The highest BCUT2D eigenvalue weighted by Crippen LogP contribution is 2.40. The van der Waals surface area contributed by atoms with Gasteiger partial charge in [0.05, 0.1) is 6.04 Å². The summed E-state index contributed by atoms with van der Waals surface area (Å²) in [5, 5.41) is 5.20. The topological polar surface area (TPSA) is 98.7 Å². The minimum atomic E-state index is -4.35. The second kappa shape index (κ2) is 4.90. The molecule has 0 aliphatic carbocycles. The van der Waals surface area contributed by atoms with Crippen molar-refractivity contribution in [3.63, 3.8) is 0 Å². The van der Waals surface area contributed by atoms with E-state index in [4.69, 9.17) is 9.79 Å². The van der Waals surface area contributed by atoms with Crippen LogP contribution in [0.25, 0.3) is 0 Å². The maximum absolute atomic E-state index is 11.5. The predicted octanol–water partition coefficient (Wildman–Crippen LogP) is -0.456. The lowest BCUT2D eigenvalue weighted by Crippen LogP contribution is -2.44. The number of nitrogens with one attached hydrogen (secondary N) is 2. The number of carbonyl (C=O) groups excluding carboxylic acids is 1. The van der Waals surface area contributed by atoms with Crippen LogP contribution in [-0.2, 0) is 9.36 Å². The van der Waals surface area contributed by atoms with Gasteiger partial charge in [0.1, 0.15) is 5.78 Å². The smallest absolute Gasteiger partial charge is 0.338 e. The van der Waals surface area contributed by atoms with Crippen LogP contribution >= 0.6 is 7.60 Å². The Hall–Kier alpha value is -0.680. The average Bonchev–Trinajstić information content (AvgIpc) is 2.64. The van der Waals surface area contributed by atoms with Gasteiger partial charge in [0.2, 0.25) is 5.91 Å². The lowest BCUT2D eigenvalue weighted by atomic mass is 10.2. The highest BCUT2D eigenvalue weighted by molar-refractivity contribution is 7.52. The Morgan fingerprint density at radius 2 is 2.33 bits per heavy atom. The van der Waals surface area contributed by atoms with Crippen LogP contribution in [0.5, 0.6) is 0 Å². The fourth-order valence-corrected chi connectivity index (χ4v) is 2.01. The Kier molecular flexibility index (Phi) is 4.04. The summed E-state index contributed by atoms with van der Waals surface area (Å²) in [4.78, 5) is 29.2. The van der Waals surface area contributed by atoms with Crippen molar-refractivity contribution in [2.24, 2.45) is 0 Å². The average molecular weight is 234 g/mol. The molecule has 6 nitrogen and oxygen atoms in total. The van der Waals surface area contributed by atoms with Crippen molar-refractivity contribution in [3.8, 4) is 0 Å². The Morgan fingerprint density at radius 3 is 2.73 bits per heavy atom. The maximum Gasteiger partial charge on any atom is 0.351 e. The van der Waals surface area contributed by atoms with E-state index in [0.717, 1.165) is 19.0 Å². The molecule has 0 aromatic rings. The van der Waals surface area contributed by atoms with Crippen LogP contribution < -0.4 is 10.6 Å². The van der Waals surface area contributed by atoms with Gasteiger partial charge >= 0.3 is 7.60 Å². The summed E-state index contributed by atoms with van der Waals surface area (Å²) in [5.41, 5.74) is 0. The molecular formula is C8H15N2O4P. The summed E-state index contributed by atoms with van der Waals surface area (Å²) in [6.45, 7) is 4.04. The molecule has 0 aromatic carbocycles. The third-order valence-corrected chi connectivity index (χ3v) is 3.32. The largest absolute Gasteiger partial charge is 0.351 e. The lowest BCUT2D eigenvalue weighted by Gasteiger charge is -2.18. The predicted molar refractivity (Wildman–Crippen MR) is 55.2 cm³/mol. The van der Waals surface area contributed by atoms with E-state index in [2.05, 4.69) is 17.2 Å². The molecular weight excluding hydrogens is 219 g/mol. The summed E-state index contributed by atoms with van der Waals surface area (Å²) in [6, 6.07) is -0.348. The van der Waals surface area contributed by atoms with Crippen molar-refractivity contribution in [1.82, 2.24) is 10.6 Å². The second-order valence-corrected chi connectivity index (χ2v) is 5.16. The minimum Gasteiger partial charge on any atom is -0.338 e. The minimum absolute atomic E-state index is 0.348. The van der Waals surface area contributed by atoms with Crippen LogP contribution in [0, 0.1) is 0 Å². The molecule has 1 heterocycles. The highest BCUT2D eigenvalue weighted by Gasteiger charge is 2.30. The van der Waals surface area contributed by atoms with Gasteiger partial charge in [-0.15, -0.1) is 6.58 Å². The molecule has 4 N–H and O–H groups in total. The van der Waals surface area contributed by atoms with Crippen molar-refractivity contribution in [3.05, 3.63) is 12.7 Å². The summed E-state index contributed by atoms with van der Waals surface area (Å²) >= 11 is 0. The van der Waals surface area contributed by atoms with Gasteiger partial charge in [-0.25, -0.2) is 0 Å². The van der Waals surface area contributed by atoms with Crippen molar-refractivity contribution >= 4 is 13.5 Å². The molecule has 1 aliphatic rings. The van der Waals surface area contributed by atoms with Gasteiger partial charge in [-0.05, 0) is 19.4 Å². The van der Waals surface area contributed by atoms with E-state index < -0.39 is 13.4 Å². The van der Waals surface area contributed by atoms with E-state index in [1.807, 2.05) is 0 Å². The summed E-state index contributed by atoms with van der Waals surface area (Å²) in [5.74, 6) is -1.69. The van der Waals surface area contributed by atoms with E-state index >= 15 is 0 Å². The Balaban J connectivity index is 2.55. The van der Waals surface area contributed by atoms with Crippen LogP contribution in [0.3, 0.4) is 0 Å². The fraction of sp³-hybridized carbons (Fsp3) is 0.625. The van der Waals surface area contributed by atoms with Gasteiger partial charge in [-0.2, -0.15) is 0 Å². The van der Waals surface area contributed by atoms with Gasteiger partial charge in [-0.1, -0.05) is 6.08 Å². The summed E-state index contributed by atoms with van der Waals surface area (Å²) < 4.78 is 10.9. The van der Waals surface area contributed by atoms with E-state index in [-0.39, 0.29) is 11.9 Å². The molecule has 2 unspecified atom stereocenters. The Labute approximate surface area is 87.9 Å². The van der Waals surface area contributed by atoms with Crippen molar-refractivity contribution < 1.29 is 19.1 Å². The lowest BCUT2D eigenvalue weighted by molar-refractivity contribution is -0.122. The maximum atomic E-state index is 11.5. The van der Waals surface area contributed by atoms with Crippen LogP contribution in [0.2, 0.25) is 0 Å². The number of hydrogen-bond donors (Lipinski definition) is 4. The number of rotatable bonds is 4. The zero-order valence-corrected chi connectivity index (χ0v) is 9.11. The molecule has 0 aromatic heterocycles. The Bertz CT molecular complexity index is 295. The van der Waals surface area contributed by atoms with E-state index in [9.17, 15) is 9.36 Å². The van der Waals surface area contributed by atoms with Gasteiger partial charge in [0.15, 0.2) is 0 Å². The van der Waals surface area contributed by atoms with Crippen molar-refractivity contribution in [2.45, 2.75) is 24.7 Å². The third kappa shape index (κ3) is 3.43. The van der Waals surface area contributed by atoms with E-state index in [1.165, 1.54) is 0 Å². The molecule has 0 radical (unpaired) electrons. The first kappa shape index (κ1) is 12.4. The molecule has 2 atom stereocenters. The van der Waals surface area contributed by atoms with Crippen molar-refractivity contribution in [2.75, 3.05) is 6.54 Å². The molecule has 7 heteroatoms. The van der Waals surface area contributed by atoms with Crippen LogP contribution in [0.1, 0.15) is 12.8 Å². The molecule has 15 heavy (non-hydrogen) atoms. The monoisotopic (exact) mass is 234 g/mol. The number of amides is 1. The van der Waals surface area contributed by atoms with Crippen LogP contribution in [0.15, 0.2) is 12.7 Å². The standard InChI is InChI=1S/C8H15N2O4P/c1-2-7(15(12,13)14)10-8(11)6-4-3-5-9-6/h2,6-7,9H,1,3-5H2,(H,10,11)(H2,12,13,14). The quantitative estimate of drug-likeness (QED) is 0.390. The zero-order valence-electron chi connectivity index (χ0n) is 8.22. The third-order valence-electron chi connectivity index (χ3n) is 2.25. The van der Waals surface area contributed by atoms with Gasteiger partial charge < -0.3 is 20.4 Å². The molecule has 1 aliphatic heterocycles. The summed E-state index contributed by atoms with van der Waals surface area (Å²) in [7, 11) is -4.35. The first-order valence-corrected chi connectivity index (χ1v) is 6.35. The number of hydrogen-bond acceptors (Lipinski definition) is 3. The fourth-order valence-electron chi connectivity index (χ4n) is 1.44. The van der Waals surface area contributed by atoms with Crippen LogP contribution in [-0.4, -0.2) is 34.1 Å². The highest BCUT2D eigenvalue weighted by atomic mass is 31.2. The van der Waals surface area contributed by atoms with Gasteiger partial charge in [0.25, 0.3) is 0 Å². The molecule has 0 saturated carbocycles. The molecule has 1 rings (SSSR count). The molecule has 1 fully saturated rings.